The van der Waals surface area contributed by atoms with Crippen molar-refractivity contribution < 1.29 is 23.7 Å². The van der Waals surface area contributed by atoms with E-state index in [0.717, 1.165) is 63.1 Å². The summed E-state index contributed by atoms with van der Waals surface area (Å²) in [5.74, 6) is 2.88. The van der Waals surface area contributed by atoms with E-state index in [-0.39, 0.29) is 18.0 Å². The average molecular weight is 625 g/mol. The van der Waals surface area contributed by atoms with Gasteiger partial charge in [-0.05, 0) is 118 Å². The highest BCUT2D eigenvalue weighted by Crippen LogP contribution is 2.52. The van der Waals surface area contributed by atoms with Crippen LogP contribution in [-0.2, 0) is 18.4 Å². The van der Waals surface area contributed by atoms with Crippen LogP contribution in [0.3, 0.4) is 0 Å². The van der Waals surface area contributed by atoms with Gasteiger partial charge in [-0.15, -0.1) is 0 Å². The summed E-state index contributed by atoms with van der Waals surface area (Å²) >= 11 is 0. The second kappa shape index (κ2) is 12.0. The van der Waals surface area contributed by atoms with Crippen molar-refractivity contribution in [3.8, 4) is 34.1 Å². The summed E-state index contributed by atoms with van der Waals surface area (Å²) in [5, 5.41) is 1.90. The Kier molecular flexibility index (Phi) is 7.79. The molecule has 5 nitrogen and oxygen atoms in total. The van der Waals surface area contributed by atoms with Crippen LogP contribution in [0.1, 0.15) is 72.8 Å². The molecule has 0 radical (unpaired) electrons. The summed E-state index contributed by atoms with van der Waals surface area (Å²) < 4.78 is 25.2. The molecular formula is C42H40O5. The Morgan fingerprint density at radius 2 is 1.40 bits per heavy atom. The normalized spacial score (nSPS) is 14.3. The number of ether oxygens (including phenoxy) is 4. The minimum Gasteiger partial charge on any atom is -0.496 e. The van der Waals surface area contributed by atoms with Crippen molar-refractivity contribution in [3.63, 3.8) is 0 Å². The van der Waals surface area contributed by atoms with Gasteiger partial charge in [0.2, 0.25) is 0 Å². The Balaban J connectivity index is 1.49. The van der Waals surface area contributed by atoms with Gasteiger partial charge in [-0.2, -0.15) is 0 Å². The minimum absolute atomic E-state index is 0.0399. The Hall–Kier alpha value is -5.03. The molecule has 0 unspecified atom stereocenters. The maximum absolute atomic E-state index is 12.9. The van der Waals surface area contributed by atoms with Gasteiger partial charge < -0.3 is 18.9 Å². The van der Waals surface area contributed by atoms with Gasteiger partial charge >= 0.3 is 0 Å². The van der Waals surface area contributed by atoms with Crippen molar-refractivity contribution >= 4 is 22.6 Å². The number of benzene rings is 5. The molecule has 5 aromatic carbocycles. The van der Waals surface area contributed by atoms with E-state index in [1.54, 1.807) is 14.0 Å². The second-order valence-corrected chi connectivity index (χ2v) is 13.0. The van der Waals surface area contributed by atoms with E-state index in [9.17, 15) is 4.79 Å². The lowest BCUT2D eigenvalue weighted by Gasteiger charge is -2.38. The molecule has 0 saturated carbocycles. The predicted octanol–water partition coefficient (Wildman–Crippen LogP) is 9.74. The summed E-state index contributed by atoms with van der Waals surface area (Å²) in [6.45, 7) is 9.68. The smallest absolute Gasteiger partial charge is 0.178 e. The number of hydrogen-bond donors (Lipinski definition) is 0. The van der Waals surface area contributed by atoms with Gasteiger partial charge in [0.1, 0.15) is 23.0 Å². The van der Waals surface area contributed by atoms with Gasteiger partial charge in [-0.3, -0.25) is 4.79 Å². The fraction of sp³-hybridized carbons (Fsp3) is 0.262. The molecule has 0 fully saturated rings. The number of carbonyl (C=O) groups is 1. The van der Waals surface area contributed by atoms with Crippen molar-refractivity contribution in [1.82, 2.24) is 0 Å². The van der Waals surface area contributed by atoms with Gasteiger partial charge in [0.25, 0.3) is 0 Å². The molecule has 0 spiro atoms. The molecule has 1 aliphatic carbocycles. The molecule has 0 saturated heterocycles. The number of rotatable bonds is 8. The molecule has 0 atom stereocenters. The lowest BCUT2D eigenvalue weighted by Crippen LogP contribution is -2.34. The Morgan fingerprint density at radius 1 is 0.787 bits per heavy atom. The van der Waals surface area contributed by atoms with Gasteiger partial charge in [0.05, 0.1) is 24.9 Å². The van der Waals surface area contributed by atoms with Crippen LogP contribution < -0.4 is 18.9 Å². The fourth-order valence-corrected chi connectivity index (χ4v) is 7.07. The number of methoxy groups -OCH3 is 1. The van der Waals surface area contributed by atoms with Crippen molar-refractivity contribution in [3.05, 3.63) is 124 Å². The van der Waals surface area contributed by atoms with E-state index in [1.807, 2.05) is 64.1 Å². The van der Waals surface area contributed by atoms with Crippen LogP contribution in [0, 0.1) is 0 Å². The zero-order chi connectivity index (χ0) is 32.9. The summed E-state index contributed by atoms with van der Waals surface area (Å²) in [6.07, 6.45) is 6.35. The lowest BCUT2D eigenvalue weighted by atomic mass is 9.77. The SMILES string of the molecule is COc1cc2c3c(c4c(c2cc1C(C)=O)-c1ccccc1CC4)C=CC(c1ccc(OC(C)C)cc1)(c1ccc(OC(C)C)cc1)O3. The third-order valence-corrected chi connectivity index (χ3v) is 9.09. The van der Waals surface area contributed by atoms with Crippen LogP contribution in [0.2, 0.25) is 0 Å². The van der Waals surface area contributed by atoms with Crippen molar-refractivity contribution in [2.24, 2.45) is 0 Å². The van der Waals surface area contributed by atoms with Crippen LogP contribution in [0.15, 0.2) is 91.0 Å². The summed E-state index contributed by atoms with van der Waals surface area (Å²) in [4.78, 5) is 12.9. The van der Waals surface area contributed by atoms with Crippen molar-refractivity contribution in [2.75, 3.05) is 7.11 Å². The number of hydrogen-bond acceptors (Lipinski definition) is 5. The number of fused-ring (bicyclic) bond motifs is 8. The highest BCUT2D eigenvalue weighted by Gasteiger charge is 2.40. The molecule has 0 amide bonds. The van der Waals surface area contributed by atoms with Crippen molar-refractivity contribution in [2.45, 2.75) is 65.3 Å². The second-order valence-electron chi connectivity index (χ2n) is 13.0. The van der Waals surface area contributed by atoms with E-state index in [1.165, 1.54) is 16.7 Å². The lowest BCUT2D eigenvalue weighted by molar-refractivity contribution is 0.101. The summed E-state index contributed by atoms with van der Waals surface area (Å²) in [6, 6.07) is 28.9. The van der Waals surface area contributed by atoms with Gasteiger partial charge in [-0.25, -0.2) is 0 Å². The van der Waals surface area contributed by atoms with E-state index >= 15 is 0 Å². The van der Waals surface area contributed by atoms with Crippen LogP contribution in [0.25, 0.3) is 28.0 Å². The quantitative estimate of drug-likeness (QED) is 0.161. The monoisotopic (exact) mass is 624 g/mol. The first-order valence-corrected chi connectivity index (χ1v) is 16.4. The summed E-state index contributed by atoms with van der Waals surface area (Å²) in [5.41, 5.74) is 7.53. The topological polar surface area (TPSA) is 54.0 Å². The Morgan fingerprint density at radius 3 is 1.98 bits per heavy atom. The molecular weight excluding hydrogens is 584 g/mol. The molecule has 1 heterocycles. The molecule has 5 heteroatoms. The number of Topliss-reactive ketones (excluding diaryl/α,β-unsaturated/α-hetero) is 1. The molecule has 0 aromatic heterocycles. The molecule has 2 aliphatic rings. The van der Waals surface area contributed by atoms with E-state index in [4.69, 9.17) is 18.9 Å². The van der Waals surface area contributed by atoms with Gasteiger partial charge in [0.15, 0.2) is 11.4 Å². The largest absolute Gasteiger partial charge is 0.496 e. The van der Waals surface area contributed by atoms with E-state index in [2.05, 4.69) is 60.7 Å². The third-order valence-electron chi connectivity index (χ3n) is 9.09. The molecule has 1 aliphatic heterocycles. The molecule has 0 bridgehead atoms. The third kappa shape index (κ3) is 5.34. The number of ketones is 1. The predicted molar refractivity (Wildman–Crippen MR) is 188 cm³/mol. The summed E-state index contributed by atoms with van der Waals surface area (Å²) in [7, 11) is 1.61. The van der Waals surface area contributed by atoms with E-state index < -0.39 is 5.60 Å². The first-order chi connectivity index (χ1) is 22.7. The van der Waals surface area contributed by atoms with Crippen LogP contribution in [-0.4, -0.2) is 25.1 Å². The van der Waals surface area contributed by atoms with Gasteiger partial charge in [0, 0.05) is 22.1 Å². The van der Waals surface area contributed by atoms with Crippen LogP contribution >= 0.6 is 0 Å². The fourth-order valence-electron chi connectivity index (χ4n) is 7.07. The van der Waals surface area contributed by atoms with Crippen molar-refractivity contribution in [1.29, 1.82) is 0 Å². The molecule has 5 aromatic rings. The van der Waals surface area contributed by atoms with E-state index in [0.29, 0.717) is 11.3 Å². The van der Waals surface area contributed by atoms with Crippen LogP contribution in [0.5, 0.6) is 23.0 Å². The highest BCUT2D eigenvalue weighted by atomic mass is 16.5. The first kappa shape index (κ1) is 30.6. The van der Waals surface area contributed by atoms with Crippen LogP contribution in [0.4, 0.5) is 0 Å². The highest BCUT2D eigenvalue weighted by molar-refractivity contribution is 6.10. The number of aryl methyl sites for hydroxylation is 1. The molecule has 7 rings (SSSR count). The maximum Gasteiger partial charge on any atom is 0.178 e. The molecule has 47 heavy (non-hydrogen) atoms. The Bertz CT molecular complexity index is 1960. The molecule has 238 valence electrons. The number of carbonyl (C=O) groups excluding carboxylic acids is 1. The minimum atomic E-state index is -0.944. The van der Waals surface area contributed by atoms with Gasteiger partial charge in [-0.1, -0.05) is 54.6 Å². The molecule has 0 N–H and O–H groups in total. The zero-order valence-electron chi connectivity index (χ0n) is 27.8. The Labute approximate surface area is 276 Å². The zero-order valence-corrected chi connectivity index (χ0v) is 27.8. The first-order valence-electron chi connectivity index (χ1n) is 16.4. The standard InChI is InChI=1S/C42H40O5/c1-25(2)45-31-16-12-29(13-17-31)42(30-14-18-32(19-15-30)46-26(3)4)22-21-35-34-20-11-28-9-7-8-10-33(28)40(34)37-23-36(27(5)43)39(44-6)24-38(37)41(35)47-42/h7-10,12-19,21-26H,11,20H2,1-6H3. The maximum atomic E-state index is 12.9. The average Bonchev–Trinajstić information content (AvgIpc) is 3.07.